The zero-order valence-corrected chi connectivity index (χ0v) is 9.09. The predicted molar refractivity (Wildman–Crippen MR) is 58.7 cm³/mol. The third kappa shape index (κ3) is 1.44. The lowest BCUT2D eigenvalue weighted by Gasteiger charge is -2.01. The summed E-state index contributed by atoms with van der Waals surface area (Å²) in [7, 11) is 0. The van der Waals surface area contributed by atoms with Crippen molar-refractivity contribution in [2.24, 2.45) is 5.73 Å². The first-order valence-corrected chi connectivity index (χ1v) is 5.16. The molecule has 14 heavy (non-hydrogen) atoms. The van der Waals surface area contributed by atoms with Gasteiger partial charge in [0.1, 0.15) is 5.82 Å². The van der Waals surface area contributed by atoms with Crippen LogP contribution < -0.4 is 5.73 Å². The topological polar surface area (TPSA) is 30.9 Å². The summed E-state index contributed by atoms with van der Waals surface area (Å²) < 4.78 is 16.1. The van der Waals surface area contributed by atoms with Gasteiger partial charge in [0.15, 0.2) is 0 Å². The van der Waals surface area contributed by atoms with Gasteiger partial charge in [-0.25, -0.2) is 4.39 Å². The molecule has 74 valence electrons. The molecule has 0 spiro atoms. The molecule has 0 aliphatic rings. The summed E-state index contributed by atoms with van der Waals surface area (Å²) in [4.78, 5) is 0. The minimum atomic E-state index is -0.204. The second-order valence-electron chi connectivity index (χ2n) is 3.09. The molecule has 0 saturated heterocycles. The number of fused-ring (bicyclic) bond motifs is 1. The Balaban J connectivity index is 2.71. The van der Waals surface area contributed by atoms with E-state index in [1.807, 2.05) is 16.8 Å². The smallest absolute Gasteiger partial charge is 0.133 e. The molecule has 2 aromatic rings. The maximum absolute atomic E-state index is 13.4. The number of benzene rings is 1. The summed E-state index contributed by atoms with van der Waals surface area (Å²) in [6.45, 7) is 1.25. The van der Waals surface area contributed by atoms with E-state index in [2.05, 4.69) is 15.9 Å². The second kappa shape index (κ2) is 3.71. The van der Waals surface area contributed by atoms with Crippen molar-refractivity contribution in [2.75, 3.05) is 6.54 Å². The number of nitrogens with two attached hydrogens (primary N) is 1. The third-order valence-corrected chi connectivity index (χ3v) is 2.78. The fraction of sp³-hybridized carbons (Fsp3) is 0.200. The Morgan fingerprint density at radius 3 is 2.93 bits per heavy atom. The van der Waals surface area contributed by atoms with Crippen LogP contribution in [0.25, 0.3) is 10.9 Å². The van der Waals surface area contributed by atoms with E-state index >= 15 is 0 Å². The standard InChI is InChI=1S/C10H10BrFN2/c11-7-6-14(5-4-13)9-3-1-2-8(12)10(7)9/h1-3,6H,4-5,13H2. The van der Waals surface area contributed by atoms with Gasteiger partial charge in [-0.1, -0.05) is 6.07 Å². The quantitative estimate of drug-likeness (QED) is 0.880. The average Bonchev–Trinajstić information content (AvgIpc) is 2.46. The first-order chi connectivity index (χ1) is 6.74. The van der Waals surface area contributed by atoms with Gasteiger partial charge >= 0.3 is 0 Å². The van der Waals surface area contributed by atoms with E-state index in [0.29, 0.717) is 18.5 Å². The fourth-order valence-corrected chi connectivity index (χ4v) is 2.22. The molecule has 1 aromatic carbocycles. The zero-order valence-electron chi connectivity index (χ0n) is 7.50. The van der Waals surface area contributed by atoms with E-state index < -0.39 is 0 Å². The Morgan fingerprint density at radius 2 is 2.21 bits per heavy atom. The summed E-state index contributed by atoms with van der Waals surface area (Å²) in [5.74, 6) is -0.204. The average molecular weight is 257 g/mol. The molecule has 1 aromatic heterocycles. The summed E-state index contributed by atoms with van der Waals surface area (Å²) in [6, 6.07) is 5.05. The van der Waals surface area contributed by atoms with Crippen molar-refractivity contribution < 1.29 is 4.39 Å². The molecule has 2 nitrogen and oxygen atoms in total. The van der Waals surface area contributed by atoms with E-state index in [9.17, 15) is 4.39 Å². The molecule has 0 saturated carbocycles. The Morgan fingerprint density at radius 1 is 1.43 bits per heavy atom. The Kier molecular flexibility index (Phi) is 2.56. The number of aromatic nitrogens is 1. The molecule has 1 heterocycles. The summed E-state index contributed by atoms with van der Waals surface area (Å²) in [5.41, 5.74) is 6.35. The number of rotatable bonds is 2. The van der Waals surface area contributed by atoms with Crippen molar-refractivity contribution in [2.45, 2.75) is 6.54 Å². The number of nitrogens with zero attached hydrogens (tertiary/aromatic N) is 1. The van der Waals surface area contributed by atoms with Crippen molar-refractivity contribution in [1.82, 2.24) is 4.57 Å². The van der Waals surface area contributed by atoms with Crippen molar-refractivity contribution in [1.29, 1.82) is 0 Å². The first-order valence-electron chi connectivity index (χ1n) is 4.37. The van der Waals surface area contributed by atoms with Gasteiger partial charge in [0, 0.05) is 29.1 Å². The van der Waals surface area contributed by atoms with Crippen molar-refractivity contribution in [3.63, 3.8) is 0 Å². The van der Waals surface area contributed by atoms with Crippen molar-refractivity contribution in [3.05, 3.63) is 34.7 Å². The van der Waals surface area contributed by atoms with Crippen LogP contribution in [-0.4, -0.2) is 11.1 Å². The van der Waals surface area contributed by atoms with E-state index in [0.717, 1.165) is 9.99 Å². The second-order valence-corrected chi connectivity index (χ2v) is 3.95. The monoisotopic (exact) mass is 256 g/mol. The largest absolute Gasteiger partial charge is 0.345 e. The highest BCUT2D eigenvalue weighted by Gasteiger charge is 2.09. The highest BCUT2D eigenvalue weighted by atomic mass is 79.9. The van der Waals surface area contributed by atoms with E-state index in [-0.39, 0.29) is 5.82 Å². The van der Waals surface area contributed by atoms with Gasteiger partial charge in [-0.05, 0) is 28.1 Å². The highest BCUT2D eigenvalue weighted by Crippen LogP contribution is 2.28. The molecule has 0 aliphatic carbocycles. The number of hydrogen-bond acceptors (Lipinski definition) is 1. The van der Waals surface area contributed by atoms with Crippen LogP contribution in [0.15, 0.2) is 28.9 Å². The fourth-order valence-electron chi connectivity index (χ4n) is 1.58. The summed E-state index contributed by atoms with van der Waals surface area (Å²) in [6.07, 6.45) is 1.86. The van der Waals surface area contributed by atoms with Gasteiger partial charge in [0.25, 0.3) is 0 Å². The summed E-state index contributed by atoms with van der Waals surface area (Å²) in [5, 5.41) is 0.626. The molecule has 0 radical (unpaired) electrons. The zero-order chi connectivity index (χ0) is 10.1. The number of hydrogen-bond donors (Lipinski definition) is 1. The molecule has 0 atom stereocenters. The van der Waals surface area contributed by atoms with Crippen LogP contribution in [-0.2, 0) is 6.54 Å². The third-order valence-electron chi connectivity index (χ3n) is 2.18. The minimum Gasteiger partial charge on any atom is -0.345 e. The van der Waals surface area contributed by atoms with Crippen LogP contribution in [0, 0.1) is 5.82 Å². The maximum atomic E-state index is 13.4. The van der Waals surface area contributed by atoms with E-state index in [1.165, 1.54) is 6.07 Å². The van der Waals surface area contributed by atoms with Gasteiger partial charge in [0.05, 0.1) is 5.52 Å². The molecule has 0 bridgehead atoms. The lowest BCUT2D eigenvalue weighted by molar-refractivity contribution is 0.639. The molecule has 0 amide bonds. The Bertz CT molecular complexity index is 464. The van der Waals surface area contributed by atoms with Gasteiger partial charge in [0.2, 0.25) is 0 Å². The molecule has 4 heteroatoms. The molecular formula is C10H10BrFN2. The normalized spacial score (nSPS) is 11.1. The van der Waals surface area contributed by atoms with Crippen LogP contribution in [0.4, 0.5) is 4.39 Å². The van der Waals surface area contributed by atoms with Gasteiger partial charge in [-0.3, -0.25) is 0 Å². The van der Waals surface area contributed by atoms with E-state index in [4.69, 9.17) is 5.73 Å². The first kappa shape index (κ1) is 9.68. The lowest BCUT2D eigenvalue weighted by atomic mass is 10.2. The van der Waals surface area contributed by atoms with E-state index in [1.54, 1.807) is 6.07 Å². The van der Waals surface area contributed by atoms with Crippen LogP contribution in [0.1, 0.15) is 0 Å². The van der Waals surface area contributed by atoms with Gasteiger partial charge in [-0.2, -0.15) is 0 Å². The van der Waals surface area contributed by atoms with Crippen LogP contribution in [0.2, 0.25) is 0 Å². The van der Waals surface area contributed by atoms with Gasteiger partial charge < -0.3 is 10.3 Å². The SMILES string of the molecule is NCCn1cc(Br)c2c(F)cccc21. The van der Waals surface area contributed by atoms with Crippen LogP contribution in [0.5, 0.6) is 0 Å². The van der Waals surface area contributed by atoms with Crippen LogP contribution in [0.3, 0.4) is 0 Å². The van der Waals surface area contributed by atoms with Gasteiger partial charge in [-0.15, -0.1) is 0 Å². The molecular weight excluding hydrogens is 247 g/mol. The molecule has 0 fully saturated rings. The van der Waals surface area contributed by atoms with Crippen molar-refractivity contribution >= 4 is 26.8 Å². The predicted octanol–water partition coefficient (Wildman–Crippen LogP) is 2.50. The minimum absolute atomic E-state index is 0.204. The summed E-state index contributed by atoms with van der Waals surface area (Å²) >= 11 is 3.34. The van der Waals surface area contributed by atoms with Crippen LogP contribution >= 0.6 is 15.9 Å². The maximum Gasteiger partial charge on any atom is 0.133 e. The highest BCUT2D eigenvalue weighted by molar-refractivity contribution is 9.10. The molecule has 0 aliphatic heterocycles. The van der Waals surface area contributed by atoms with Crippen molar-refractivity contribution in [3.8, 4) is 0 Å². The lowest BCUT2D eigenvalue weighted by Crippen LogP contribution is -2.08. The Labute approximate surface area is 89.6 Å². The molecule has 2 N–H and O–H groups in total. The number of halogens is 2. The molecule has 2 rings (SSSR count). The molecule has 0 unspecified atom stereocenters. The Hall–Kier alpha value is -0.870.